The van der Waals surface area contributed by atoms with E-state index in [1.54, 1.807) is 11.1 Å². The summed E-state index contributed by atoms with van der Waals surface area (Å²) in [7, 11) is 0. The maximum absolute atomic E-state index is 12.6. The Morgan fingerprint density at radius 1 is 0.458 bits per heavy atom. The van der Waals surface area contributed by atoms with Gasteiger partial charge in [0.1, 0.15) is 5.78 Å². The summed E-state index contributed by atoms with van der Waals surface area (Å²) in [4.78, 5) is 12.6. The second-order valence-electron chi connectivity index (χ2n) is 16.3. The molecule has 0 atom stereocenters. The van der Waals surface area contributed by atoms with Crippen molar-refractivity contribution in [2.24, 2.45) is 11.8 Å². The first-order valence-corrected chi connectivity index (χ1v) is 21.3. The van der Waals surface area contributed by atoms with Crippen LogP contribution in [0.25, 0.3) is 0 Å². The molecule has 268 valence electrons. The summed E-state index contributed by atoms with van der Waals surface area (Å²) in [5.41, 5.74) is 6.01. The van der Waals surface area contributed by atoms with Gasteiger partial charge in [-0.25, -0.2) is 0 Å². The monoisotopic (exact) mass is 655 g/mol. The van der Waals surface area contributed by atoms with E-state index in [4.69, 9.17) is 0 Å². The highest BCUT2D eigenvalue weighted by atomic mass is 16.1. The van der Waals surface area contributed by atoms with E-state index in [0.29, 0.717) is 5.78 Å². The standard InChI is InChI=1S/C47H74O/c1-3-5-7-9-11-17-39-23-31-43(32-24-39)45-35-27-41(28-36-45)19-13-15-21-47(48)22-16-14-20-42-29-37-46(38-30-42)44-33-25-40(26-34-44)18-12-10-8-6-4-2/h27-30,35-40,43-44H,3-26,31-34H2,1-2H3. The zero-order chi connectivity index (χ0) is 33.7. The van der Waals surface area contributed by atoms with Crippen molar-refractivity contribution in [3.8, 4) is 0 Å². The molecule has 2 saturated carbocycles. The van der Waals surface area contributed by atoms with Gasteiger partial charge in [0.25, 0.3) is 0 Å². The Labute approximate surface area is 297 Å². The molecule has 0 unspecified atom stereocenters. The van der Waals surface area contributed by atoms with Gasteiger partial charge in [0.05, 0.1) is 0 Å². The second kappa shape index (κ2) is 23.5. The van der Waals surface area contributed by atoms with E-state index >= 15 is 0 Å². The lowest BCUT2D eigenvalue weighted by atomic mass is 9.77. The Morgan fingerprint density at radius 3 is 1.21 bits per heavy atom. The number of carbonyl (C=O) groups is 1. The normalized spacial score (nSPS) is 21.4. The minimum absolute atomic E-state index is 0.467. The van der Waals surface area contributed by atoms with Crippen molar-refractivity contribution >= 4 is 5.78 Å². The summed E-state index contributed by atoms with van der Waals surface area (Å²) in [5, 5.41) is 0. The average Bonchev–Trinajstić information content (AvgIpc) is 3.13. The number of unbranched alkanes of at least 4 members (excludes halogenated alkanes) is 10. The van der Waals surface area contributed by atoms with Gasteiger partial charge in [-0.15, -0.1) is 0 Å². The Kier molecular flexibility index (Phi) is 19.0. The number of hydrogen-bond donors (Lipinski definition) is 0. The number of carbonyl (C=O) groups excluding carboxylic acids is 1. The third kappa shape index (κ3) is 14.9. The number of aryl methyl sites for hydroxylation is 2. The molecular weight excluding hydrogens is 581 g/mol. The molecule has 0 bridgehead atoms. The molecule has 0 saturated heterocycles. The molecule has 2 aromatic carbocycles. The lowest BCUT2D eigenvalue weighted by Crippen LogP contribution is -2.13. The van der Waals surface area contributed by atoms with Gasteiger partial charge in [0.2, 0.25) is 0 Å². The third-order valence-corrected chi connectivity index (χ3v) is 12.4. The number of benzene rings is 2. The Morgan fingerprint density at radius 2 is 0.833 bits per heavy atom. The summed E-state index contributed by atoms with van der Waals surface area (Å²) in [5.74, 6) is 3.98. The molecule has 2 aromatic rings. The van der Waals surface area contributed by atoms with Crippen LogP contribution in [0.2, 0.25) is 0 Å². The molecule has 2 aliphatic rings. The van der Waals surface area contributed by atoms with E-state index in [9.17, 15) is 4.79 Å². The van der Waals surface area contributed by atoms with Gasteiger partial charge in [0.15, 0.2) is 0 Å². The number of hydrogen-bond acceptors (Lipinski definition) is 1. The molecule has 0 aliphatic heterocycles. The third-order valence-electron chi connectivity index (χ3n) is 12.4. The number of Topliss-reactive ketones (excluding diaryl/α,β-unsaturated/α-hetero) is 1. The van der Waals surface area contributed by atoms with Crippen LogP contribution >= 0.6 is 0 Å². The molecule has 0 amide bonds. The molecule has 0 radical (unpaired) electrons. The van der Waals surface area contributed by atoms with Gasteiger partial charge >= 0.3 is 0 Å². The van der Waals surface area contributed by atoms with E-state index < -0.39 is 0 Å². The van der Waals surface area contributed by atoms with E-state index in [-0.39, 0.29) is 0 Å². The van der Waals surface area contributed by atoms with Gasteiger partial charge in [-0.1, -0.05) is 139 Å². The highest BCUT2D eigenvalue weighted by Gasteiger charge is 2.23. The summed E-state index contributed by atoms with van der Waals surface area (Å²) >= 11 is 0. The maximum atomic E-state index is 12.6. The fourth-order valence-corrected chi connectivity index (χ4v) is 8.98. The number of rotatable bonds is 24. The Hall–Kier alpha value is -1.89. The van der Waals surface area contributed by atoms with Crippen molar-refractivity contribution in [1.29, 1.82) is 0 Å². The summed E-state index contributed by atoms with van der Waals surface area (Å²) < 4.78 is 0. The van der Waals surface area contributed by atoms with Crippen LogP contribution < -0.4 is 0 Å². The van der Waals surface area contributed by atoms with E-state index in [1.165, 1.54) is 140 Å². The molecular formula is C47H74O. The van der Waals surface area contributed by atoms with Crippen LogP contribution in [0.1, 0.15) is 215 Å². The molecule has 1 heteroatoms. The van der Waals surface area contributed by atoms with Crippen LogP contribution in [0.3, 0.4) is 0 Å². The Bertz CT molecular complexity index is 993. The first-order valence-electron chi connectivity index (χ1n) is 21.3. The minimum Gasteiger partial charge on any atom is -0.300 e. The summed E-state index contributed by atoms with van der Waals surface area (Å²) in [6.45, 7) is 4.61. The van der Waals surface area contributed by atoms with Gasteiger partial charge in [-0.2, -0.15) is 0 Å². The van der Waals surface area contributed by atoms with E-state index in [2.05, 4.69) is 62.4 Å². The van der Waals surface area contributed by atoms with Crippen molar-refractivity contribution in [2.45, 2.75) is 205 Å². The van der Waals surface area contributed by atoms with Crippen LogP contribution in [0, 0.1) is 11.8 Å². The molecule has 4 rings (SSSR count). The van der Waals surface area contributed by atoms with Crippen LogP contribution in [-0.2, 0) is 17.6 Å². The van der Waals surface area contributed by atoms with E-state index in [0.717, 1.165) is 75.0 Å². The zero-order valence-corrected chi connectivity index (χ0v) is 31.6. The largest absolute Gasteiger partial charge is 0.300 e. The predicted molar refractivity (Wildman–Crippen MR) is 209 cm³/mol. The SMILES string of the molecule is CCCCCCCC1CCC(c2ccc(CCCCC(=O)CCCCc3ccc(C4CCC(CCCCCCC)CC4)cc3)cc2)CC1. The second-order valence-corrected chi connectivity index (χ2v) is 16.3. The van der Waals surface area contributed by atoms with Gasteiger partial charge in [-0.3, -0.25) is 4.79 Å². The van der Waals surface area contributed by atoms with Crippen molar-refractivity contribution in [1.82, 2.24) is 0 Å². The molecule has 0 spiro atoms. The van der Waals surface area contributed by atoms with Gasteiger partial charge < -0.3 is 0 Å². The maximum Gasteiger partial charge on any atom is 0.132 e. The molecule has 2 fully saturated rings. The van der Waals surface area contributed by atoms with Crippen molar-refractivity contribution in [2.75, 3.05) is 0 Å². The molecule has 2 aliphatic carbocycles. The van der Waals surface area contributed by atoms with Gasteiger partial charge in [-0.05, 0) is 136 Å². The molecule has 0 N–H and O–H groups in total. The topological polar surface area (TPSA) is 17.1 Å². The lowest BCUT2D eigenvalue weighted by Gasteiger charge is -2.29. The Balaban J connectivity index is 0.997. The average molecular weight is 655 g/mol. The molecule has 0 aromatic heterocycles. The van der Waals surface area contributed by atoms with Crippen LogP contribution in [0.4, 0.5) is 0 Å². The number of ketones is 1. The highest BCUT2D eigenvalue weighted by molar-refractivity contribution is 5.78. The van der Waals surface area contributed by atoms with E-state index in [1.807, 2.05) is 0 Å². The first-order chi connectivity index (χ1) is 23.6. The van der Waals surface area contributed by atoms with Crippen LogP contribution in [0.5, 0.6) is 0 Å². The molecule has 0 heterocycles. The minimum atomic E-state index is 0.467. The highest BCUT2D eigenvalue weighted by Crippen LogP contribution is 2.39. The molecule has 1 nitrogen and oxygen atoms in total. The van der Waals surface area contributed by atoms with Crippen LogP contribution in [-0.4, -0.2) is 5.78 Å². The van der Waals surface area contributed by atoms with Crippen molar-refractivity contribution < 1.29 is 4.79 Å². The fourth-order valence-electron chi connectivity index (χ4n) is 8.98. The van der Waals surface area contributed by atoms with Crippen molar-refractivity contribution in [3.63, 3.8) is 0 Å². The quantitative estimate of drug-likeness (QED) is 0.103. The van der Waals surface area contributed by atoms with Gasteiger partial charge in [0, 0.05) is 12.8 Å². The smallest absolute Gasteiger partial charge is 0.132 e. The first kappa shape index (κ1) is 38.9. The summed E-state index contributed by atoms with van der Waals surface area (Å²) in [6.07, 6.45) is 36.4. The fraction of sp³-hybridized carbons (Fsp3) is 0.723. The predicted octanol–water partition coefficient (Wildman–Crippen LogP) is 14.7. The lowest BCUT2D eigenvalue weighted by molar-refractivity contribution is -0.119. The van der Waals surface area contributed by atoms with Crippen LogP contribution in [0.15, 0.2) is 48.5 Å². The molecule has 48 heavy (non-hydrogen) atoms. The zero-order valence-electron chi connectivity index (χ0n) is 31.6. The summed E-state index contributed by atoms with van der Waals surface area (Å²) in [6, 6.07) is 19.1. The van der Waals surface area contributed by atoms with Crippen molar-refractivity contribution in [3.05, 3.63) is 70.8 Å².